The number of aliphatic carboxylic acids is 1. The Morgan fingerprint density at radius 3 is 2.84 bits per heavy atom. The first kappa shape index (κ1) is 15.6. The van der Waals surface area contributed by atoms with Crippen LogP contribution in [-0.4, -0.2) is 35.5 Å². The molecular weight excluding hydrogens is 339 g/mol. The Hall–Kier alpha value is -2.91. The molecule has 10 heteroatoms. The lowest BCUT2D eigenvalue weighted by atomic mass is 9.81. The van der Waals surface area contributed by atoms with Crippen LogP contribution in [0.2, 0.25) is 0 Å². The van der Waals surface area contributed by atoms with Gasteiger partial charge in [0.15, 0.2) is 5.65 Å². The molecule has 0 aliphatic heterocycles. The van der Waals surface area contributed by atoms with Gasteiger partial charge >= 0.3 is 12.5 Å². The minimum Gasteiger partial charge on any atom is -0.481 e. The van der Waals surface area contributed by atoms with E-state index in [9.17, 15) is 23.1 Å². The summed E-state index contributed by atoms with van der Waals surface area (Å²) in [5.41, 5.74) is 0.444. The van der Waals surface area contributed by atoms with Crippen LogP contribution < -0.4 is 0 Å². The smallest absolute Gasteiger partial charge is 0.333 e. The molecule has 25 heavy (non-hydrogen) atoms. The van der Waals surface area contributed by atoms with Crippen LogP contribution in [0.25, 0.3) is 5.65 Å². The van der Waals surface area contributed by atoms with E-state index in [4.69, 9.17) is 0 Å². The third-order valence-corrected chi connectivity index (χ3v) is 4.73. The third-order valence-electron chi connectivity index (χ3n) is 4.73. The monoisotopic (exact) mass is 351 g/mol. The fraction of sp³-hybridized carbons (Fsp3) is 0.333. The van der Waals surface area contributed by atoms with Crippen molar-refractivity contribution in [1.29, 1.82) is 0 Å². The van der Waals surface area contributed by atoms with Crippen molar-refractivity contribution in [3.8, 4) is 0 Å². The molecule has 0 saturated carbocycles. The highest BCUT2D eigenvalue weighted by Crippen LogP contribution is 2.49. The van der Waals surface area contributed by atoms with E-state index in [1.807, 2.05) is 0 Å². The van der Waals surface area contributed by atoms with Gasteiger partial charge in [0.05, 0.1) is 17.8 Å². The van der Waals surface area contributed by atoms with Crippen molar-refractivity contribution in [2.45, 2.75) is 31.2 Å². The topological polar surface area (TPSA) is 85.3 Å². The quantitative estimate of drug-likeness (QED) is 0.783. The van der Waals surface area contributed by atoms with Crippen molar-refractivity contribution in [2.75, 3.05) is 0 Å². The zero-order valence-electron chi connectivity index (χ0n) is 12.9. The summed E-state index contributed by atoms with van der Waals surface area (Å²) in [4.78, 5) is 15.7. The number of nitrogens with zero attached hydrogens (tertiary/aromatic N) is 5. The maximum absolute atomic E-state index is 13.6. The van der Waals surface area contributed by atoms with Gasteiger partial charge in [-0.05, 0) is 13.3 Å². The molecule has 0 saturated heterocycles. The average molecular weight is 351 g/mol. The van der Waals surface area contributed by atoms with E-state index in [0.717, 1.165) is 6.07 Å². The Labute approximate surface area is 138 Å². The number of halogens is 3. The fourth-order valence-electron chi connectivity index (χ4n) is 3.55. The average Bonchev–Trinajstić information content (AvgIpc) is 3.22. The molecule has 0 fully saturated rings. The molecule has 2 unspecified atom stereocenters. The highest BCUT2D eigenvalue weighted by molar-refractivity contribution is 5.79. The lowest BCUT2D eigenvalue weighted by Gasteiger charge is -2.24. The number of hydrogen-bond donors (Lipinski definition) is 1. The molecular formula is C15H12F3N5O2. The van der Waals surface area contributed by atoms with E-state index >= 15 is 0 Å². The number of aromatic nitrogens is 5. The Morgan fingerprint density at radius 2 is 2.20 bits per heavy atom. The van der Waals surface area contributed by atoms with Crippen molar-refractivity contribution in [3.05, 3.63) is 47.4 Å². The summed E-state index contributed by atoms with van der Waals surface area (Å²) in [6.07, 6.45) is 3.93. The predicted molar refractivity (Wildman–Crippen MR) is 77.9 cm³/mol. The molecule has 0 spiro atoms. The van der Waals surface area contributed by atoms with Crippen LogP contribution in [0.4, 0.5) is 13.2 Å². The number of rotatable bonds is 3. The molecule has 2 atom stereocenters. The maximum atomic E-state index is 13.6. The lowest BCUT2D eigenvalue weighted by molar-refractivity contribution is -0.138. The molecule has 3 heterocycles. The number of carboxylic acid groups (broad SMARTS) is 1. The molecule has 1 N–H and O–H groups in total. The van der Waals surface area contributed by atoms with E-state index in [2.05, 4.69) is 15.2 Å². The van der Waals surface area contributed by atoms with Crippen LogP contribution in [0.5, 0.6) is 0 Å². The largest absolute Gasteiger partial charge is 0.481 e. The Morgan fingerprint density at radius 1 is 1.44 bits per heavy atom. The van der Waals surface area contributed by atoms with Gasteiger partial charge in [0, 0.05) is 35.0 Å². The van der Waals surface area contributed by atoms with Gasteiger partial charge in [-0.2, -0.15) is 18.3 Å². The molecule has 4 rings (SSSR count). The van der Waals surface area contributed by atoms with E-state index in [1.54, 1.807) is 6.92 Å². The van der Waals surface area contributed by atoms with Crippen LogP contribution in [0, 0.1) is 5.95 Å². The first-order valence-electron chi connectivity index (χ1n) is 7.41. The second-order valence-corrected chi connectivity index (χ2v) is 6.21. The highest BCUT2D eigenvalue weighted by atomic mass is 19.3. The van der Waals surface area contributed by atoms with E-state index in [0.29, 0.717) is 21.5 Å². The molecule has 7 nitrogen and oxygen atoms in total. The summed E-state index contributed by atoms with van der Waals surface area (Å²) in [5, 5.41) is 16.9. The summed E-state index contributed by atoms with van der Waals surface area (Å²) in [5.74, 6) is -2.73. The Bertz CT molecular complexity index is 998. The summed E-state index contributed by atoms with van der Waals surface area (Å²) in [6.45, 7) is -1.10. The van der Waals surface area contributed by atoms with Gasteiger partial charge in [0.2, 0.25) is 5.95 Å². The molecule has 0 bridgehead atoms. The number of fused-ring (bicyclic) bond motifs is 3. The van der Waals surface area contributed by atoms with Gasteiger partial charge in [-0.1, -0.05) is 0 Å². The molecule has 130 valence electrons. The highest BCUT2D eigenvalue weighted by Gasteiger charge is 2.48. The summed E-state index contributed by atoms with van der Waals surface area (Å²) in [7, 11) is 0. The van der Waals surface area contributed by atoms with E-state index in [1.165, 1.54) is 23.1 Å². The van der Waals surface area contributed by atoms with Crippen molar-refractivity contribution in [3.63, 3.8) is 0 Å². The number of carbonyl (C=O) groups is 1. The summed E-state index contributed by atoms with van der Waals surface area (Å²) < 4.78 is 41.1. The normalized spacial score (nSPS) is 22.7. The molecule has 0 aromatic carbocycles. The predicted octanol–water partition coefficient (Wildman–Crippen LogP) is 2.34. The first-order chi connectivity index (χ1) is 11.8. The van der Waals surface area contributed by atoms with E-state index in [-0.39, 0.29) is 12.1 Å². The Kier molecular flexibility index (Phi) is 3.15. The van der Waals surface area contributed by atoms with Crippen LogP contribution >= 0.6 is 0 Å². The van der Waals surface area contributed by atoms with Crippen molar-refractivity contribution < 1.29 is 23.1 Å². The van der Waals surface area contributed by atoms with Gasteiger partial charge in [-0.3, -0.25) is 4.79 Å². The van der Waals surface area contributed by atoms with Crippen molar-refractivity contribution >= 4 is 11.6 Å². The zero-order chi connectivity index (χ0) is 17.9. The first-order valence-corrected chi connectivity index (χ1v) is 7.41. The summed E-state index contributed by atoms with van der Waals surface area (Å²) in [6, 6.07) is 1.12. The molecule has 1 aliphatic rings. The Balaban J connectivity index is 1.99. The molecule has 3 aromatic rings. The zero-order valence-corrected chi connectivity index (χ0v) is 12.9. The van der Waals surface area contributed by atoms with Gasteiger partial charge in [0.25, 0.3) is 0 Å². The lowest BCUT2D eigenvalue weighted by Crippen LogP contribution is -2.24. The number of hydrogen-bond acceptors (Lipinski definition) is 4. The molecule has 1 aliphatic carbocycles. The second-order valence-electron chi connectivity index (χ2n) is 6.21. The number of alkyl halides is 2. The second kappa shape index (κ2) is 5.04. The van der Waals surface area contributed by atoms with Crippen LogP contribution in [-0.2, 0) is 10.2 Å². The summed E-state index contributed by atoms with van der Waals surface area (Å²) >= 11 is 0. The van der Waals surface area contributed by atoms with Crippen LogP contribution in [0.1, 0.15) is 42.6 Å². The molecule has 0 amide bonds. The number of carboxylic acids is 1. The minimum absolute atomic E-state index is 0.106. The molecule has 3 aromatic heterocycles. The van der Waals surface area contributed by atoms with Crippen LogP contribution in [0.3, 0.4) is 0 Å². The van der Waals surface area contributed by atoms with Gasteiger partial charge in [-0.25, -0.2) is 14.2 Å². The van der Waals surface area contributed by atoms with Gasteiger partial charge in [0.1, 0.15) is 0 Å². The minimum atomic E-state index is -2.81. The SMILES string of the molecule is CC1(c2cnn(C(F)F)c2)CC(C(=O)O)c2cnc3cc(F)nn3c21. The maximum Gasteiger partial charge on any atom is 0.333 e. The van der Waals surface area contributed by atoms with Crippen molar-refractivity contribution in [2.24, 2.45) is 0 Å². The standard InChI is InChI=1S/C15H12F3N5O2/c1-15(7-4-20-22(6-7)14(17)18)3-8(13(24)25)9-5-19-11-2-10(16)21-23(11)12(9)15/h2,4-6,8,14H,3H2,1H3,(H,24,25). The van der Waals surface area contributed by atoms with Gasteiger partial charge in [-0.15, -0.1) is 5.10 Å². The van der Waals surface area contributed by atoms with Crippen LogP contribution in [0.15, 0.2) is 24.7 Å². The van der Waals surface area contributed by atoms with Gasteiger partial charge < -0.3 is 5.11 Å². The van der Waals surface area contributed by atoms with Crippen molar-refractivity contribution in [1.82, 2.24) is 24.4 Å². The molecule has 0 radical (unpaired) electrons. The van der Waals surface area contributed by atoms with E-state index < -0.39 is 29.8 Å². The fourth-order valence-corrected chi connectivity index (χ4v) is 3.55. The third kappa shape index (κ3) is 2.13.